The molecule has 0 amide bonds. The Balaban J connectivity index is 1.74. The molecule has 0 fully saturated rings. The lowest BCUT2D eigenvalue weighted by molar-refractivity contribution is 0.318. The lowest BCUT2D eigenvalue weighted by Crippen LogP contribution is -2.10. The molecule has 0 atom stereocenters. The summed E-state index contributed by atoms with van der Waals surface area (Å²) in [5, 5.41) is 1.39. The second-order valence-corrected chi connectivity index (χ2v) is 6.67. The van der Waals surface area contributed by atoms with Crippen LogP contribution in [0, 0.1) is 0 Å². The van der Waals surface area contributed by atoms with Crippen LogP contribution in [0.3, 0.4) is 0 Å². The molecule has 0 spiro atoms. The van der Waals surface area contributed by atoms with Gasteiger partial charge >= 0.3 is 0 Å². The molecule has 0 aliphatic carbocycles. The van der Waals surface area contributed by atoms with E-state index in [1.54, 1.807) is 17.8 Å². The molecule has 1 N–H and O–H groups in total. The van der Waals surface area contributed by atoms with Crippen LogP contribution < -0.4 is 10.3 Å². The Kier molecular flexibility index (Phi) is 7.49. The van der Waals surface area contributed by atoms with Crippen molar-refractivity contribution in [3.63, 3.8) is 0 Å². The van der Waals surface area contributed by atoms with Gasteiger partial charge in [0.2, 0.25) is 0 Å². The van der Waals surface area contributed by atoms with Gasteiger partial charge in [-0.25, -0.2) is 4.98 Å². The quantitative estimate of drug-likeness (QED) is 0.414. The molecule has 0 saturated carbocycles. The summed E-state index contributed by atoms with van der Waals surface area (Å²) < 4.78 is 5.64. The molecule has 2 rings (SSSR count). The van der Waals surface area contributed by atoms with Crippen molar-refractivity contribution in [3.8, 4) is 5.75 Å². The summed E-state index contributed by atoms with van der Waals surface area (Å²) in [5.41, 5.74) is 0.793. The fourth-order valence-corrected chi connectivity index (χ4v) is 2.92. The maximum absolute atomic E-state index is 11.6. The molecule has 0 aliphatic heterocycles. The van der Waals surface area contributed by atoms with Crippen molar-refractivity contribution in [1.29, 1.82) is 0 Å². The van der Waals surface area contributed by atoms with E-state index in [1.807, 2.05) is 24.3 Å². The predicted molar refractivity (Wildman–Crippen MR) is 95.8 cm³/mol. The first-order chi connectivity index (χ1) is 11.2. The largest absolute Gasteiger partial charge is 0.494 e. The minimum atomic E-state index is -0.0778. The Bertz CT molecular complexity index is 658. The van der Waals surface area contributed by atoms with Gasteiger partial charge in [-0.3, -0.25) is 4.79 Å². The Morgan fingerprint density at radius 1 is 1.26 bits per heavy atom. The number of nitrogens with one attached hydrogen (secondary N) is 1. The van der Waals surface area contributed by atoms with Crippen LogP contribution in [0.25, 0.3) is 0 Å². The van der Waals surface area contributed by atoms with E-state index in [2.05, 4.69) is 16.9 Å². The monoisotopic (exact) mass is 352 g/mol. The number of H-pyrrole nitrogens is 1. The summed E-state index contributed by atoms with van der Waals surface area (Å²) >= 11 is 7.38. The summed E-state index contributed by atoms with van der Waals surface area (Å²) in [6, 6.07) is 8.91. The van der Waals surface area contributed by atoms with Crippen LogP contribution in [0.1, 0.15) is 31.9 Å². The van der Waals surface area contributed by atoms with Gasteiger partial charge in [0.1, 0.15) is 5.75 Å². The lowest BCUT2D eigenvalue weighted by atomic mass is 10.2. The molecule has 1 heterocycles. The fraction of sp³-hybridized carbons (Fsp3) is 0.412. The molecule has 1 aromatic heterocycles. The second kappa shape index (κ2) is 9.63. The second-order valence-electron chi connectivity index (χ2n) is 5.15. The number of halogens is 1. The van der Waals surface area contributed by atoms with Gasteiger partial charge in [0.05, 0.1) is 6.61 Å². The molecular formula is C17H21ClN2O2S. The molecule has 6 heteroatoms. The number of aryl methyl sites for hydroxylation is 1. The number of ether oxygens (including phenoxy) is 1. The normalized spacial score (nSPS) is 10.7. The van der Waals surface area contributed by atoms with Crippen molar-refractivity contribution in [2.75, 3.05) is 12.4 Å². The van der Waals surface area contributed by atoms with Crippen molar-refractivity contribution < 1.29 is 4.74 Å². The van der Waals surface area contributed by atoms with Crippen molar-refractivity contribution in [2.24, 2.45) is 0 Å². The van der Waals surface area contributed by atoms with Crippen molar-refractivity contribution in [1.82, 2.24) is 9.97 Å². The number of benzene rings is 1. The van der Waals surface area contributed by atoms with Gasteiger partial charge in [-0.05, 0) is 43.5 Å². The van der Waals surface area contributed by atoms with E-state index in [4.69, 9.17) is 16.3 Å². The SMILES string of the molecule is CCCCc1cc(=O)[nH]c(SCCCOc2ccc(Cl)cc2)n1. The standard InChI is InChI=1S/C17H21ClN2O2S/c1-2-3-5-14-12-16(21)20-17(19-14)23-11-4-10-22-15-8-6-13(18)7-9-15/h6-9,12H,2-5,10-11H2,1H3,(H,19,20,21). The number of thioether (sulfide) groups is 1. The number of unbranched alkanes of at least 4 members (excludes halogenated alkanes) is 1. The molecule has 0 aliphatic rings. The summed E-state index contributed by atoms with van der Waals surface area (Å²) in [7, 11) is 0. The third-order valence-electron chi connectivity index (χ3n) is 3.17. The topological polar surface area (TPSA) is 55.0 Å². The van der Waals surface area contributed by atoms with E-state index in [0.717, 1.165) is 42.9 Å². The molecule has 4 nitrogen and oxygen atoms in total. The highest BCUT2D eigenvalue weighted by atomic mass is 35.5. The summed E-state index contributed by atoms with van der Waals surface area (Å²) in [6.07, 6.45) is 3.87. The Hall–Kier alpha value is -1.46. The first kappa shape index (κ1) is 17.9. The molecule has 0 unspecified atom stereocenters. The number of rotatable bonds is 9. The lowest BCUT2D eigenvalue weighted by Gasteiger charge is -2.06. The third-order valence-corrected chi connectivity index (χ3v) is 4.38. The summed E-state index contributed by atoms with van der Waals surface area (Å²) in [5.74, 6) is 1.65. The van der Waals surface area contributed by atoms with Crippen LogP contribution in [-0.2, 0) is 6.42 Å². The zero-order chi connectivity index (χ0) is 16.5. The van der Waals surface area contributed by atoms with E-state index >= 15 is 0 Å². The first-order valence-corrected chi connectivity index (χ1v) is 9.15. The highest BCUT2D eigenvalue weighted by Crippen LogP contribution is 2.17. The van der Waals surface area contributed by atoms with Crippen molar-refractivity contribution in [3.05, 3.63) is 51.4 Å². The van der Waals surface area contributed by atoms with Crippen molar-refractivity contribution in [2.45, 2.75) is 37.8 Å². The predicted octanol–water partition coefficient (Wildman–Crippen LogP) is 4.33. The van der Waals surface area contributed by atoms with Gasteiger partial charge in [-0.15, -0.1) is 0 Å². The number of aromatic nitrogens is 2. The average molecular weight is 353 g/mol. The van der Waals surface area contributed by atoms with E-state index < -0.39 is 0 Å². The van der Waals surface area contributed by atoms with Gasteiger partial charge in [0.15, 0.2) is 5.16 Å². The van der Waals surface area contributed by atoms with Gasteiger partial charge in [0.25, 0.3) is 5.56 Å². The van der Waals surface area contributed by atoms with Gasteiger partial charge < -0.3 is 9.72 Å². The first-order valence-electron chi connectivity index (χ1n) is 7.79. The van der Waals surface area contributed by atoms with E-state index in [-0.39, 0.29) is 5.56 Å². The van der Waals surface area contributed by atoms with Crippen LogP contribution in [0.5, 0.6) is 5.75 Å². The molecular weight excluding hydrogens is 332 g/mol. The zero-order valence-electron chi connectivity index (χ0n) is 13.2. The molecule has 0 saturated heterocycles. The molecule has 2 aromatic rings. The van der Waals surface area contributed by atoms with Crippen LogP contribution >= 0.6 is 23.4 Å². The molecule has 23 heavy (non-hydrogen) atoms. The molecule has 0 radical (unpaired) electrons. The summed E-state index contributed by atoms with van der Waals surface area (Å²) in [6.45, 7) is 2.75. The van der Waals surface area contributed by atoms with E-state index in [9.17, 15) is 4.79 Å². The number of nitrogens with zero attached hydrogens (tertiary/aromatic N) is 1. The fourth-order valence-electron chi connectivity index (χ4n) is 1.99. The zero-order valence-corrected chi connectivity index (χ0v) is 14.8. The summed E-state index contributed by atoms with van der Waals surface area (Å²) in [4.78, 5) is 18.9. The number of aromatic amines is 1. The van der Waals surface area contributed by atoms with Gasteiger partial charge in [-0.2, -0.15) is 0 Å². The van der Waals surface area contributed by atoms with E-state index in [0.29, 0.717) is 16.8 Å². The number of hydrogen-bond acceptors (Lipinski definition) is 4. The molecule has 124 valence electrons. The molecule has 0 bridgehead atoms. The highest BCUT2D eigenvalue weighted by molar-refractivity contribution is 7.99. The van der Waals surface area contributed by atoms with Gasteiger partial charge in [-0.1, -0.05) is 36.7 Å². The third kappa shape index (κ3) is 6.67. The van der Waals surface area contributed by atoms with Crippen LogP contribution in [0.15, 0.2) is 40.3 Å². The maximum Gasteiger partial charge on any atom is 0.251 e. The maximum atomic E-state index is 11.6. The van der Waals surface area contributed by atoms with Crippen molar-refractivity contribution >= 4 is 23.4 Å². The number of hydrogen-bond donors (Lipinski definition) is 1. The Morgan fingerprint density at radius 2 is 2.04 bits per heavy atom. The van der Waals surface area contributed by atoms with Gasteiger partial charge in [0, 0.05) is 22.5 Å². The molecule has 1 aromatic carbocycles. The average Bonchev–Trinajstić information content (AvgIpc) is 2.54. The smallest absolute Gasteiger partial charge is 0.251 e. The van der Waals surface area contributed by atoms with Crippen LogP contribution in [0.4, 0.5) is 0 Å². The van der Waals surface area contributed by atoms with Crippen LogP contribution in [0.2, 0.25) is 5.02 Å². The Morgan fingerprint density at radius 3 is 2.78 bits per heavy atom. The van der Waals surface area contributed by atoms with Crippen LogP contribution in [-0.4, -0.2) is 22.3 Å². The highest BCUT2D eigenvalue weighted by Gasteiger charge is 2.02. The Labute approximate surface area is 145 Å². The van der Waals surface area contributed by atoms with E-state index in [1.165, 1.54) is 0 Å². The minimum absolute atomic E-state index is 0.0778. The minimum Gasteiger partial charge on any atom is -0.494 e.